The van der Waals surface area contributed by atoms with Crippen LogP contribution in [0.3, 0.4) is 0 Å². The van der Waals surface area contributed by atoms with Gasteiger partial charge in [-0.3, -0.25) is 9.59 Å². The molecule has 5 heteroatoms. The number of carbonyl (C=O) groups is 1. The molecule has 1 amide bonds. The van der Waals surface area contributed by atoms with Gasteiger partial charge >= 0.3 is 0 Å². The summed E-state index contributed by atoms with van der Waals surface area (Å²) in [6.45, 7) is 3.25. The molecule has 2 aromatic rings. The summed E-state index contributed by atoms with van der Waals surface area (Å²) in [5, 5.41) is 11.2. The van der Waals surface area contributed by atoms with E-state index in [0.717, 1.165) is 43.1 Å². The van der Waals surface area contributed by atoms with Crippen LogP contribution in [0.5, 0.6) is 0 Å². The van der Waals surface area contributed by atoms with E-state index in [1.54, 1.807) is 0 Å². The molecule has 1 saturated heterocycles. The second kappa shape index (κ2) is 5.99. The number of likely N-dealkylation sites (tertiary alicyclic amines) is 1. The van der Waals surface area contributed by atoms with E-state index in [1.165, 1.54) is 6.07 Å². The molecule has 2 heterocycles. The third-order valence-corrected chi connectivity index (χ3v) is 5.98. The molecule has 0 radical (unpaired) electrons. The van der Waals surface area contributed by atoms with E-state index in [-0.39, 0.29) is 23.0 Å². The van der Waals surface area contributed by atoms with E-state index in [9.17, 15) is 14.7 Å². The Hall–Kier alpha value is -2.14. The molecule has 1 aromatic carbocycles. The van der Waals surface area contributed by atoms with Gasteiger partial charge in [-0.15, -0.1) is 0 Å². The zero-order chi connectivity index (χ0) is 17.6. The largest absolute Gasteiger partial charge is 0.392 e. The highest BCUT2D eigenvalue weighted by atomic mass is 16.3. The number of aryl methyl sites for hydroxylation is 1. The summed E-state index contributed by atoms with van der Waals surface area (Å²) >= 11 is 0. The molecule has 0 unspecified atom stereocenters. The highest BCUT2D eigenvalue weighted by Gasteiger charge is 2.45. The van der Waals surface area contributed by atoms with Gasteiger partial charge in [0.1, 0.15) is 0 Å². The number of aromatic nitrogens is 1. The lowest BCUT2D eigenvalue weighted by atomic mass is 9.76. The Morgan fingerprint density at radius 2 is 2.08 bits per heavy atom. The number of piperidine rings is 1. The molecular weight excluding hydrogens is 316 g/mol. The van der Waals surface area contributed by atoms with Crippen LogP contribution in [0, 0.1) is 12.3 Å². The number of hydrogen-bond donors (Lipinski definition) is 2. The minimum atomic E-state index is -0.318. The van der Waals surface area contributed by atoms with Crippen molar-refractivity contribution in [1.29, 1.82) is 0 Å². The van der Waals surface area contributed by atoms with Crippen molar-refractivity contribution >= 4 is 16.8 Å². The van der Waals surface area contributed by atoms with Gasteiger partial charge in [0.15, 0.2) is 0 Å². The lowest BCUT2D eigenvalue weighted by molar-refractivity contribution is -0.00529. The van der Waals surface area contributed by atoms with Gasteiger partial charge in [0.05, 0.1) is 11.7 Å². The van der Waals surface area contributed by atoms with Gasteiger partial charge in [-0.1, -0.05) is 18.1 Å². The second-order valence-electron chi connectivity index (χ2n) is 7.70. The molecule has 5 nitrogen and oxygen atoms in total. The van der Waals surface area contributed by atoms with Crippen LogP contribution in [0.1, 0.15) is 48.0 Å². The first-order valence-corrected chi connectivity index (χ1v) is 9.10. The molecule has 0 bridgehead atoms. The zero-order valence-corrected chi connectivity index (χ0v) is 14.5. The molecule has 1 aliphatic carbocycles. The van der Waals surface area contributed by atoms with Gasteiger partial charge in [0.25, 0.3) is 5.91 Å². The fraction of sp³-hybridized carbons (Fsp3) is 0.500. The lowest BCUT2D eigenvalue weighted by Gasteiger charge is -2.42. The third-order valence-electron chi connectivity index (χ3n) is 5.98. The molecule has 1 aromatic heterocycles. The fourth-order valence-electron chi connectivity index (χ4n) is 4.64. The number of carbonyl (C=O) groups excluding carboxylic acids is 1. The lowest BCUT2D eigenvalue weighted by Crippen LogP contribution is -2.49. The summed E-state index contributed by atoms with van der Waals surface area (Å²) in [6, 6.07) is 7.14. The van der Waals surface area contributed by atoms with Crippen LogP contribution in [-0.4, -0.2) is 40.1 Å². The topological polar surface area (TPSA) is 73.4 Å². The quantitative estimate of drug-likeness (QED) is 0.838. The third kappa shape index (κ3) is 2.76. The highest BCUT2D eigenvalue weighted by molar-refractivity contribution is 6.06. The van der Waals surface area contributed by atoms with Crippen molar-refractivity contribution in [2.75, 3.05) is 13.1 Å². The van der Waals surface area contributed by atoms with E-state index in [4.69, 9.17) is 0 Å². The average Bonchev–Trinajstić information content (AvgIpc) is 2.94. The minimum absolute atomic E-state index is 0.0973. The van der Waals surface area contributed by atoms with Crippen molar-refractivity contribution in [3.63, 3.8) is 0 Å². The number of nitrogens with zero attached hydrogens (tertiary/aromatic N) is 1. The Morgan fingerprint density at radius 1 is 1.28 bits per heavy atom. The van der Waals surface area contributed by atoms with Crippen molar-refractivity contribution < 1.29 is 9.90 Å². The molecule has 1 aliphatic heterocycles. The molecule has 2 aliphatic rings. The molecule has 2 N–H and O–H groups in total. The summed E-state index contributed by atoms with van der Waals surface area (Å²) in [5.74, 6) is -0.0973. The highest BCUT2D eigenvalue weighted by Crippen LogP contribution is 2.45. The van der Waals surface area contributed by atoms with Crippen LogP contribution in [0.25, 0.3) is 10.9 Å². The maximum absolute atomic E-state index is 13.2. The SMILES string of the molecule is Cc1ccc2[nH]c(=O)cc(C(=O)N3CCC[C@@]4(CCC[C@H]4O)C3)c2c1. The van der Waals surface area contributed by atoms with Crippen LogP contribution >= 0.6 is 0 Å². The van der Waals surface area contributed by atoms with Crippen molar-refractivity contribution in [3.8, 4) is 0 Å². The number of rotatable bonds is 1. The van der Waals surface area contributed by atoms with E-state index in [1.807, 2.05) is 30.0 Å². The number of benzene rings is 1. The molecule has 1 saturated carbocycles. The van der Waals surface area contributed by atoms with Crippen molar-refractivity contribution in [2.45, 2.75) is 45.1 Å². The van der Waals surface area contributed by atoms with Crippen molar-refractivity contribution in [1.82, 2.24) is 9.88 Å². The summed E-state index contributed by atoms with van der Waals surface area (Å²) in [5.41, 5.74) is 1.80. The number of H-pyrrole nitrogens is 1. The predicted molar refractivity (Wildman–Crippen MR) is 96.7 cm³/mol. The number of nitrogens with one attached hydrogen (secondary N) is 1. The Labute approximate surface area is 146 Å². The van der Waals surface area contributed by atoms with Crippen LogP contribution in [0.2, 0.25) is 0 Å². The molecule has 2 atom stereocenters. The second-order valence-corrected chi connectivity index (χ2v) is 7.70. The van der Waals surface area contributed by atoms with Crippen molar-refractivity contribution in [2.24, 2.45) is 5.41 Å². The summed E-state index contributed by atoms with van der Waals surface area (Å²) in [7, 11) is 0. The van der Waals surface area contributed by atoms with Crippen LogP contribution < -0.4 is 5.56 Å². The predicted octanol–water partition coefficient (Wildman–Crippen LogP) is 2.60. The first-order valence-electron chi connectivity index (χ1n) is 9.10. The fourth-order valence-corrected chi connectivity index (χ4v) is 4.64. The zero-order valence-electron chi connectivity index (χ0n) is 14.5. The van der Waals surface area contributed by atoms with Gasteiger partial charge in [-0.2, -0.15) is 0 Å². The number of fused-ring (bicyclic) bond motifs is 1. The van der Waals surface area contributed by atoms with Crippen LogP contribution in [0.15, 0.2) is 29.1 Å². The molecule has 1 spiro atoms. The molecule has 132 valence electrons. The summed E-state index contributed by atoms with van der Waals surface area (Å²) in [4.78, 5) is 29.9. The smallest absolute Gasteiger partial charge is 0.254 e. The maximum atomic E-state index is 13.2. The minimum Gasteiger partial charge on any atom is -0.392 e. The van der Waals surface area contributed by atoms with E-state index >= 15 is 0 Å². The number of aliphatic hydroxyl groups is 1. The van der Waals surface area contributed by atoms with Gasteiger partial charge in [-0.05, 0) is 44.7 Å². The first kappa shape index (κ1) is 16.3. The molecule has 25 heavy (non-hydrogen) atoms. The number of hydrogen-bond acceptors (Lipinski definition) is 3. The van der Waals surface area contributed by atoms with Crippen LogP contribution in [-0.2, 0) is 0 Å². The normalized spacial score (nSPS) is 26.5. The van der Waals surface area contributed by atoms with Gasteiger partial charge in [-0.25, -0.2) is 0 Å². The molecule has 4 rings (SSSR count). The Morgan fingerprint density at radius 3 is 2.84 bits per heavy atom. The van der Waals surface area contributed by atoms with E-state index in [2.05, 4.69) is 4.98 Å². The van der Waals surface area contributed by atoms with Gasteiger partial charge in [0.2, 0.25) is 5.56 Å². The average molecular weight is 340 g/mol. The number of aromatic amines is 1. The number of aliphatic hydroxyl groups excluding tert-OH is 1. The van der Waals surface area contributed by atoms with Gasteiger partial charge < -0.3 is 15.0 Å². The summed E-state index contributed by atoms with van der Waals surface area (Å²) < 4.78 is 0. The summed E-state index contributed by atoms with van der Waals surface area (Å²) in [6.07, 6.45) is 4.40. The Balaban J connectivity index is 1.72. The number of amides is 1. The maximum Gasteiger partial charge on any atom is 0.254 e. The Kier molecular flexibility index (Phi) is 3.91. The van der Waals surface area contributed by atoms with E-state index < -0.39 is 0 Å². The monoisotopic (exact) mass is 340 g/mol. The Bertz CT molecular complexity index is 888. The first-order chi connectivity index (χ1) is 12.0. The van der Waals surface area contributed by atoms with Crippen LogP contribution in [0.4, 0.5) is 0 Å². The van der Waals surface area contributed by atoms with Crippen molar-refractivity contribution in [3.05, 3.63) is 45.7 Å². The standard InChI is InChI=1S/C20H24N2O3/c1-13-5-6-16-14(10-13)15(11-18(24)21-16)19(25)22-9-3-8-20(12-22)7-2-4-17(20)23/h5-6,10-11,17,23H,2-4,7-9,12H2,1H3,(H,21,24)/t17-,20+/m1/s1. The van der Waals surface area contributed by atoms with E-state index in [0.29, 0.717) is 24.2 Å². The molecule has 2 fully saturated rings. The number of pyridine rings is 1. The molecular formula is C20H24N2O3. The van der Waals surface area contributed by atoms with Gasteiger partial charge in [0, 0.05) is 35.5 Å².